The Morgan fingerprint density at radius 1 is 0.750 bits per heavy atom. The first-order valence-corrected chi connectivity index (χ1v) is 12.1. The summed E-state index contributed by atoms with van der Waals surface area (Å²) in [7, 11) is 0. The normalized spacial score (nSPS) is 11.6. The van der Waals surface area contributed by atoms with Crippen LogP contribution in [0.3, 0.4) is 0 Å². The number of aromatic nitrogens is 3. The minimum atomic E-state index is -0.0685. The second kappa shape index (κ2) is 9.16. The monoisotopic (exact) mass is 467 g/mol. The van der Waals surface area contributed by atoms with Crippen molar-refractivity contribution in [3.63, 3.8) is 0 Å². The summed E-state index contributed by atoms with van der Waals surface area (Å²) in [5.41, 5.74) is 5.99. The first-order valence-electron chi connectivity index (χ1n) is 12.1. The lowest BCUT2D eigenvalue weighted by molar-refractivity contribution is 0.836. The van der Waals surface area contributed by atoms with E-state index in [4.69, 9.17) is 4.98 Å². The van der Waals surface area contributed by atoms with Crippen molar-refractivity contribution in [1.82, 2.24) is 14.1 Å². The molecule has 0 spiro atoms. The van der Waals surface area contributed by atoms with Crippen molar-refractivity contribution in [2.24, 2.45) is 0 Å². The average molecular weight is 468 g/mol. The van der Waals surface area contributed by atoms with Crippen LogP contribution in [0.2, 0.25) is 0 Å². The molecule has 2 aromatic heterocycles. The van der Waals surface area contributed by atoms with Crippen molar-refractivity contribution in [3.05, 3.63) is 142 Å². The second-order valence-electron chi connectivity index (χ2n) is 8.96. The van der Waals surface area contributed by atoms with E-state index in [1.54, 1.807) is 4.57 Å². The Morgan fingerprint density at radius 3 is 2.28 bits per heavy atom. The lowest BCUT2D eigenvalue weighted by Crippen LogP contribution is -2.23. The van der Waals surface area contributed by atoms with Crippen molar-refractivity contribution < 1.29 is 0 Å². The lowest BCUT2D eigenvalue weighted by atomic mass is 10.1. The molecule has 4 nitrogen and oxygen atoms in total. The van der Waals surface area contributed by atoms with Gasteiger partial charge in [0.15, 0.2) is 0 Å². The Bertz CT molecular complexity index is 1790. The molecule has 0 aliphatic rings. The molecular weight excluding hydrogens is 442 g/mol. The Labute approximate surface area is 209 Å². The van der Waals surface area contributed by atoms with Gasteiger partial charge in [-0.15, -0.1) is 0 Å². The van der Waals surface area contributed by atoms with Crippen LogP contribution >= 0.6 is 0 Å². The molecule has 0 bridgehead atoms. The third-order valence-electron chi connectivity index (χ3n) is 6.59. The van der Waals surface area contributed by atoms with Crippen LogP contribution in [0.15, 0.2) is 114 Å². The van der Waals surface area contributed by atoms with Crippen molar-refractivity contribution in [3.8, 4) is 5.69 Å². The molecular formula is C32H25N3O. The first-order chi connectivity index (χ1) is 17.7. The zero-order chi connectivity index (χ0) is 24.5. The molecule has 0 aliphatic carbocycles. The van der Waals surface area contributed by atoms with Crippen LogP contribution < -0.4 is 5.56 Å². The van der Waals surface area contributed by atoms with Gasteiger partial charge < -0.3 is 4.57 Å². The Kier molecular flexibility index (Phi) is 5.55. The summed E-state index contributed by atoms with van der Waals surface area (Å²) in [5, 5.41) is 1.77. The molecule has 6 rings (SSSR count). The molecule has 0 aliphatic heterocycles. The number of nitrogens with zero attached hydrogens (tertiary/aromatic N) is 3. The molecule has 36 heavy (non-hydrogen) atoms. The van der Waals surface area contributed by atoms with Gasteiger partial charge in [-0.25, -0.2) is 4.98 Å². The summed E-state index contributed by atoms with van der Waals surface area (Å²) in [4.78, 5) is 18.5. The van der Waals surface area contributed by atoms with Crippen LogP contribution in [0.4, 0.5) is 0 Å². The third kappa shape index (κ3) is 3.93. The van der Waals surface area contributed by atoms with Crippen LogP contribution in [0.25, 0.3) is 39.6 Å². The van der Waals surface area contributed by atoms with Crippen LogP contribution in [0.5, 0.6) is 0 Å². The highest BCUT2D eigenvalue weighted by molar-refractivity contribution is 5.92. The molecule has 0 N–H and O–H groups in total. The largest absolute Gasteiger partial charge is 0.342 e. The topological polar surface area (TPSA) is 39.8 Å². The van der Waals surface area contributed by atoms with E-state index in [0.717, 1.165) is 28.7 Å². The third-order valence-corrected chi connectivity index (χ3v) is 6.59. The Hall–Kier alpha value is -4.70. The van der Waals surface area contributed by atoms with Gasteiger partial charge in [-0.05, 0) is 54.5 Å². The molecule has 174 valence electrons. The van der Waals surface area contributed by atoms with E-state index in [1.807, 2.05) is 67.6 Å². The SMILES string of the molecule is Cc1ccccc1-n1c(C=Cc2cn(Cc3ccccc3)c3ccccc23)nc2ccccc2c1=O. The first kappa shape index (κ1) is 21.8. The number of hydrogen-bond acceptors (Lipinski definition) is 2. The molecule has 6 aromatic rings. The summed E-state index contributed by atoms with van der Waals surface area (Å²) in [6, 6.07) is 34.3. The van der Waals surface area contributed by atoms with E-state index in [0.29, 0.717) is 16.7 Å². The van der Waals surface area contributed by atoms with Crippen LogP contribution in [-0.2, 0) is 6.54 Å². The van der Waals surface area contributed by atoms with E-state index in [9.17, 15) is 4.79 Å². The van der Waals surface area contributed by atoms with Gasteiger partial charge in [0.1, 0.15) is 5.82 Å². The minimum absolute atomic E-state index is 0.0685. The van der Waals surface area contributed by atoms with Gasteiger partial charge in [0.2, 0.25) is 0 Å². The number of benzene rings is 4. The summed E-state index contributed by atoms with van der Waals surface area (Å²) < 4.78 is 3.99. The molecule has 0 atom stereocenters. The van der Waals surface area contributed by atoms with Gasteiger partial charge in [-0.3, -0.25) is 9.36 Å². The van der Waals surface area contributed by atoms with E-state index in [1.165, 1.54) is 11.1 Å². The zero-order valence-electron chi connectivity index (χ0n) is 20.0. The number of rotatable bonds is 5. The van der Waals surface area contributed by atoms with Crippen LogP contribution in [-0.4, -0.2) is 14.1 Å². The van der Waals surface area contributed by atoms with Gasteiger partial charge in [0.05, 0.1) is 16.6 Å². The fraction of sp³-hybridized carbons (Fsp3) is 0.0625. The number of hydrogen-bond donors (Lipinski definition) is 0. The number of aryl methyl sites for hydroxylation is 1. The molecule has 4 heteroatoms. The fourth-order valence-corrected chi connectivity index (χ4v) is 4.79. The van der Waals surface area contributed by atoms with Crippen molar-refractivity contribution in [1.29, 1.82) is 0 Å². The molecule has 0 fully saturated rings. The minimum Gasteiger partial charge on any atom is -0.342 e. The maximum Gasteiger partial charge on any atom is 0.266 e. The molecule has 0 saturated carbocycles. The smallest absolute Gasteiger partial charge is 0.266 e. The Balaban J connectivity index is 1.51. The van der Waals surface area contributed by atoms with Crippen LogP contribution in [0, 0.1) is 6.92 Å². The summed E-state index contributed by atoms with van der Waals surface area (Å²) in [5.74, 6) is 0.605. The van der Waals surface area contributed by atoms with E-state index >= 15 is 0 Å². The van der Waals surface area contributed by atoms with Gasteiger partial charge in [-0.2, -0.15) is 0 Å². The van der Waals surface area contributed by atoms with E-state index in [-0.39, 0.29) is 5.56 Å². The highest BCUT2D eigenvalue weighted by atomic mass is 16.1. The molecule has 2 heterocycles. The molecule has 0 amide bonds. The predicted molar refractivity (Wildman–Crippen MR) is 148 cm³/mol. The van der Waals surface area contributed by atoms with Crippen molar-refractivity contribution in [2.75, 3.05) is 0 Å². The maximum absolute atomic E-state index is 13.6. The van der Waals surface area contributed by atoms with Crippen LogP contribution in [0.1, 0.15) is 22.5 Å². The quantitative estimate of drug-likeness (QED) is 0.278. The van der Waals surface area contributed by atoms with Crippen molar-refractivity contribution >= 4 is 34.0 Å². The van der Waals surface area contributed by atoms with Gasteiger partial charge in [-0.1, -0.05) is 78.9 Å². The fourth-order valence-electron chi connectivity index (χ4n) is 4.79. The highest BCUT2D eigenvalue weighted by Gasteiger charge is 2.13. The number of para-hydroxylation sites is 3. The zero-order valence-corrected chi connectivity index (χ0v) is 20.0. The van der Waals surface area contributed by atoms with Gasteiger partial charge >= 0.3 is 0 Å². The van der Waals surface area contributed by atoms with E-state index in [2.05, 4.69) is 65.4 Å². The standard InChI is InChI=1S/C32H25N3O/c1-23-11-5-9-17-29(23)35-31(33-28-16-8-6-15-27(28)32(35)36)20-19-25-22-34(21-24-12-3-2-4-13-24)30-18-10-7-14-26(25)30/h2-20,22H,21H2,1H3. The average Bonchev–Trinajstić information content (AvgIpc) is 3.26. The summed E-state index contributed by atoms with van der Waals surface area (Å²) >= 11 is 0. The predicted octanol–water partition coefficient (Wildman–Crippen LogP) is 6.87. The van der Waals surface area contributed by atoms with Gasteiger partial charge in [0, 0.05) is 29.2 Å². The molecule has 0 radical (unpaired) electrons. The summed E-state index contributed by atoms with van der Waals surface area (Å²) in [6.45, 7) is 2.80. The lowest BCUT2D eigenvalue weighted by Gasteiger charge is -2.13. The number of fused-ring (bicyclic) bond motifs is 2. The molecule has 4 aromatic carbocycles. The second-order valence-corrected chi connectivity index (χ2v) is 8.96. The van der Waals surface area contributed by atoms with E-state index < -0.39 is 0 Å². The molecule has 0 saturated heterocycles. The molecule has 0 unspecified atom stereocenters. The van der Waals surface area contributed by atoms with Gasteiger partial charge in [0.25, 0.3) is 5.56 Å². The maximum atomic E-state index is 13.6. The Morgan fingerprint density at radius 2 is 1.44 bits per heavy atom. The highest BCUT2D eigenvalue weighted by Crippen LogP contribution is 2.25. The summed E-state index contributed by atoms with van der Waals surface area (Å²) in [6.07, 6.45) is 6.19. The van der Waals surface area contributed by atoms with Crippen molar-refractivity contribution in [2.45, 2.75) is 13.5 Å².